The molecule has 3 aromatic rings. The van der Waals surface area contributed by atoms with Crippen LogP contribution in [0.15, 0.2) is 77.7 Å². The Labute approximate surface area is 183 Å². The van der Waals surface area contributed by atoms with E-state index >= 15 is 0 Å². The van der Waals surface area contributed by atoms with E-state index in [1.807, 2.05) is 36.4 Å². The van der Waals surface area contributed by atoms with Crippen LogP contribution in [-0.2, 0) is 29.3 Å². The van der Waals surface area contributed by atoms with Crippen molar-refractivity contribution in [1.82, 2.24) is 0 Å². The van der Waals surface area contributed by atoms with E-state index in [1.54, 1.807) is 36.4 Å². The molecule has 31 heavy (non-hydrogen) atoms. The maximum Gasteiger partial charge on any atom is 0.335 e. The molecule has 6 heteroatoms. The lowest BCUT2D eigenvalue weighted by atomic mass is 9.99. The van der Waals surface area contributed by atoms with Gasteiger partial charge < -0.3 is 5.11 Å². The highest BCUT2D eigenvalue weighted by Gasteiger charge is 2.16. The molecule has 0 saturated heterocycles. The topological polar surface area (TPSA) is 83.5 Å². The second kappa shape index (κ2) is 10.3. The fraction of sp³-hybridized carbons (Fsp3) is 0.240. The minimum Gasteiger partial charge on any atom is -0.478 e. The molecule has 3 aromatic carbocycles. The van der Waals surface area contributed by atoms with Gasteiger partial charge in [-0.05, 0) is 66.6 Å². The van der Waals surface area contributed by atoms with Crippen molar-refractivity contribution in [2.24, 2.45) is 0 Å². The lowest BCUT2D eigenvalue weighted by Crippen LogP contribution is -2.14. The number of carboxylic acid groups (broad SMARTS) is 1. The molecule has 3 rings (SSSR count). The number of benzene rings is 3. The highest BCUT2D eigenvalue weighted by Crippen LogP contribution is 2.23. The summed E-state index contributed by atoms with van der Waals surface area (Å²) in [6.45, 7) is 2.09. The van der Waals surface area contributed by atoms with Gasteiger partial charge in [0, 0.05) is 0 Å². The van der Waals surface area contributed by atoms with Gasteiger partial charge in [0.2, 0.25) is 0 Å². The number of rotatable bonds is 10. The molecular formula is C25H27NO4S. The van der Waals surface area contributed by atoms with Gasteiger partial charge in [-0.15, -0.1) is 0 Å². The van der Waals surface area contributed by atoms with Gasteiger partial charge in [0.15, 0.2) is 0 Å². The van der Waals surface area contributed by atoms with Crippen molar-refractivity contribution in [1.29, 1.82) is 0 Å². The van der Waals surface area contributed by atoms with Gasteiger partial charge in [0.1, 0.15) is 0 Å². The Hall–Kier alpha value is -3.12. The smallest absolute Gasteiger partial charge is 0.335 e. The minimum absolute atomic E-state index is 0.234. The zero-order valence-electron chi connectivity index (χ0n) is 17.5. The lowest BCUT2D eigenvalue weighted by Gasteiger charge is -2.13. The molecule has 0 aliphatic rings. The molecule has 0 amide bonds. The average Bonchev–Trinajstić information content (AvgIpc) is 2.75. The Kier molecular flexibility index (Phi) is 7.47. The number of aromatic carboxylic acids is 1. The number of para-hydroxylation sites is 1. The summed E-state index contributed by atoms with van der Waals surface area (Å²) in [6, 6.07) is 21.3. The van der Waals surface area contributed by atoms with E-state index in [1.165, 1.54) is 0 Å². The summed E-state index contributed by atoms with van der Waals surface area (Å²) in [7, 11) is -3.69. The van der Waals surface area contributed by atoms with Crippen LogP contribution < -0.4 is 4.72 Å². The third-order valence-corrected chi connectivity index (χ3v) is 6.56. The van der Waals surface area contributed by atoms with Crippen LogP contribution in [0, 0.1) is 0 Å². The second-order valence-electron chi connectivity index (χ2n) is 7.47. The molecule has 0 radical (unpaired) electrons. The van der Waals surface area contributed by atoms with Crippen molar-refractivity contribution in [2.45, 2.75) is 43.9 Å². The summed E-state index contributed by atoms with van der Waals surface area (Å²) < 4.78 is 28.4. The van der Waals surface area contributed by atoms with E-state index in [0.717, 1.165) is 29.5 Å². The predicted octanol–water partition coefficient (Wildman–Crippen LogP) is 5.31. The van der Waals surface area contributed by atoms with Crippen molar-refractivity contribution >= 4 is 21.7 Å². The fourth-order valence-corrected chi connectivity index (χ4v) is 4.68. The summed E-state index contributed by atoms with van der Waals surface area (Å²) in [5.41, 5.74) is 3.62. The Bertz CT molecular complexity index is 1140. The summed E-state index contributed by atoms with van der Waals surface area (Å²) in [4.78, 5) is 11.6. The molecule has 0 aromatic heterocycles. The van der Waals surface area contributed by atoms with Crippen molar-refractivity contribution < 1.29 is 18.3 Å². The molecule has 0 heterocycles. The first kappa shape index (κ1) is 22.6. The maximum atomic E-state index is 12.9. The van der Waals surface area contributed by atoms with Crippen LogP contribution in [0.1, 0.15) is 46.8 Å². The normalized spacial score (nSPS) is 11.3. The molecule has 0 aliphatic heterocycles. The van der Waals surface area contributed by atoms with Crippen LogP contribution in [0.2, 0.25) is 0 Å². The number of carbonyl (C=O) groups is 1. The van der Waals surface area contributed by atoms with Crippen molar-refractivity contribution in [2.75, 3.05) is 4.72 Å². The predicted molar refractivity (Wildman–Crippen MR) is 123 cm³/mol. The first-order chi connectivity index (χ1) is 14.9. The third-order valence-electron chi connectivity index (χ3n) is 5.17. The summed E-state index contributed by atoms with van der Waals surface area (Å²) in [5, 5.41) is 9.33. The first-order valence-corrected chi connectivity index (χ1v) is 11.9. The number of carboxylic acids is 1. The van der Waals surface area contributed by atoms with Crippen LogP contribution in [0.25, 0.3) is 0 Å². The summed E-state index contributed by atoms with van der Waals surface area (Å²) >= 11 is 0. The van der Waals surface area contributed by atoms with Crippen molar-refractivity contribution in [3.05, 3.63) is 95.1 Å². The minimum atomic E-state index is -3.69. The van der Waals surface area contributed by atoms with Crippen LogP contribution in [0.5, 0.6) is 0 Å². The zero-order chi connectivity index (χ0) is 22.3. The van der Waals surface area contributed by atoms with Gasteiger partial charge in [-0.1, -0.05) is 61.9 Å². The van der Waals surface area contributed by atoms with Crippen LogP contribution in [-0.4, -0.2) is 19.5 Å². The number of nitrogens with one attached hydrogen (secondary N) is 1. The fourth-order valence-electron chi connectivity index (χ4n) is 3.58. The molecule has 162 valence electrons. The van der Waals surface area contributed by atoms with Gasteiger partial charge in [-0.3, -0.25) is 4.72 Å². The first-order valence-electron chi connectivity index (χ1n) is 10.4. The van der Waals surface area contributed by atoms with Crippen molar-refractivity contribution in [3.8, 4) is 0 Å². The van der Waals surface area contributed by atoms with E-state index in [-0.39, 0.29) is 4.90 Å². The molecular weight excluding hydrogens is 410 g/mol. The molecule has 0 bridgehead atoms. The number of anilines is 1. The van der Waals surface area contributed by atoms with Gasteiger partial charge >= 0.3 is 5.97 Å². The highest BCUT2D eigenvalue weighted by molar-refractivity contribution is 7.92. The number of sulfonamides is 1. The highest BCUT2D eigenvalue weighted by atomic mass is 32.2. The Balaban J connectivity index is 1.71. The quantitative estimate of drug-likeness (QED) is 0.450. The van der Waals surface area contributed by atoms with E-state index in [4.69, 9.17) is 0 Å². The van der Waals surface area contributed by atoms with E-state index in [9.17, 15) is 18.3 Å². The molecule has 2 N–H and O–H groups in total. The molecule has 0 unspecified atom stereocenters. The Morgan fingerprint density at radius 1 is 0.839 bits per heavy atom. The molecule has 0 spiro atoms. The number of hydrogen-bond donors (Lipinski definition) is 2. The van der Waals surface area contributed by atoms with Gasteiger partial charge in [0.25, 0.3) is 10.0 Å². The third kappa shape index (κ3) is 5.95. The molecule has 0 atom stereocenters. The molecule has 0 aliphatic carbocycles. The molecule has 5 nitrogen and oxygen atoms in total. The Morgan fingerprint density at radius 2 is 1.45 bits per heavy atom. The average molecular weight is 438 g/mol. The van der Waals surface area contributed by atoms with Crippen LogP contribution in [0.4, 0.5) is 5.69 Å². The zero-order valence-corrected chi connectivity index (χ0v) is 18.4. The molecule has 0 fully saturated rings. The SMILES string of the molecule is CCCc1ccc(S(=O)(=O)Nc2ccccc2CCCc2ccccc2C(=O)O)cc1. The van der Waals surface area contributed by atoms with Gasteiger partial charge in [0.05, 0.1) is 16.1 Å². The Morgan fingerprint density at radius 3 is 2.13 bits per heavy atom. The monoisotopic (exact) mass is 437 g/mol. The second-order valence-corrected chi connectivity index (χ2v) is 9.15. The largest absolute Gasteiger partial charge is 0.478 e. The lowest BCUT2D eigenvalue weighted by molar-refractivity contribution is 0.0695. The van der Waals surface area contributed by atoms with E-state index < -0.39 is 16.0 Å². The van der Waals surface area contributed by atoms with Crippen molar-refractivity contribution in [3.63, 3.8) is 0 Å². The van der Waals surface area contributed by atoms with E-state index in [0.29, 0.717) is 30.5 Å². The number of hydrogen-bond acceptors (Lipinski definition) is 3. The summed E-state index contributed by atoms with van der Waals surface area (Å²) in [5.74, 6) is -0.936. The molecule has 0 saturated carbocycles. The van der Waals surface area contributed by atoms with Crippen LogP contribution in [0.3, 0.4) is 0 Å². The maximum absolute atomic E-state index is 12.9. The number of aryl methyl sites for hydroxylation is 3. The van der Waals surface area contributed by atoms with Gasteiger partial charge in [-0.25, -0.2) is 13.2 Å². The van der Waals surface area contributed by atoms with E-state index in [2.05, 4.69) is 11.6 Å². The van der Waals surface area contributed by atoms with Crippen LogP contribution >= 0.6 is 0 Å². The summed E-state index contributed by atoms with van der Waals surface area (Å²) in [6.07, 6.45) is 3.86. The van der Waals surface area contributed by atoms with Gasteiger partial charge in [-0.2, -0.15) is 0 Å². The standard InChI is InChI=1S/C25H27NO4S/c1-2-8-19-15-17-22(18-16-19)31(29,30)26-24-14-6-4-10-21(24)12-7-11-20-9-3-5-13-23(20)25(27)28/h3-6,9-10,13-18,26H,2,7-8,11-12H2,1H3,(H,27,28).